The van der Waals surface area contributed by atoms with Crippen LogP contribution in [-0.2, 0) is 6.18 Å². The van der Waals surface area contributed by atoms with Crippen molar-refractivity contribution in [3.05, 3.63) is 59.2 Å². The van der Waals surface area contributed by atoms with Gasteiger partial charge in [0, 0.05) is 56.6 Å². The fourth-order valence-corrected chi connectivity index (χ4v) is 3.20. The molecule has 2 aromatic rings. The lowest BCUT2D eigenvalue weighted by Crippen LogP contribution is -2.47. The average Bonchev–Trinajstić information content (AvgIpc) is 2.66. The van der Waals surface area contributed by atoms with Crippen LogP contribution in [0.3, 0.4) is 0 Å². The number of ether oxygens (including phenoxy) is 1. The Bertz CT molecular complexity index is 882. The summed E-state index contributed by atoms with van der Waals surface area (Å²) in [7, 11) is 0. The molecule has 29 heavy (non-hydrogen) atoms. The first-order chi connectivity index (χ1) is 13.8. The second kappa shape index (κ2) is 8.66. The number of benzene rings is 2. The molecule has 154 valence electrons. The number of hydrogen-bond acceptors (Lipinski definition) is 4. The van der Waals surface area contributed by atoms with E-state index >= 15 is 0 Å². The zero-order valence-corrected chi connectivity index (χ0v) is 15.3. The third kappa shape index (κ3) is 5.35. The lowest BCUT2D eigenvalue weighted by molar-refractivity contribution is -0.137. The van der Waals surface area contributed by atoms with Gasteiger partial charge in [0.15, 0.2) is 0 Å². The van der Waals surface area contributed by atoms with Crippen molar-refractivity contribution >= 4 is 5.69 Å². The smallest absolute Gasteiger partial charge is 0.417 e. The minimum absolute atomic E-state index is 0.110. The number of halogens is 5. The molecule has 1 fully saturated rings. The zero-order valence-electron chi connectivity index (χ0n) is 15.3. The van der Waals surface area contributed by atoms with Gasteiger partial charge in [-0.25, -0.2) is 8.78 Å². The Labute approximate surface area is 164 Å². The lowest BCUT2D eigenvalue weighted by Gasteiger charge is -2.36. The Balaban J connectivity index is 1.53. The fraction of sp³-hybridized carbons (Fsp3) is 0.350. The van der Waals surface area contributed by atoms with Crippen LogP contribution in [0.2, 0.25) is 0 Å². The number of nitrogens with zero attached hydrogens (tertiary/aromatic N) is 3. The standard InChI is InChI=1S/C20H18F5N3O/c21-15-9-16(22)11-18(10-15)29-8-7-27-3-5-28(6-4-27)17-2-1-14(13-26)19(12-17)20(23,24)25/h1-2,9-12H,3-8H2. The van der Waals surface area contributed by atoms with Gasteiger partial charge in [0.2, 0.25) is 0 Å². The van der Waals surface area contributed by atoms with Gasteiger partial charge in [-0.3, -0.25) is 4.90 Å². The predicted molar refractivity (Wildman–Crippen MR) is 96.7 cm³/mol. The van der Waals surface area contributed by atoms with Gasteiger partial charge in [-0.15, -0.1) is 0 Å². The van der Waals surface area contributed by atoms with Gasteiger partial charge in [0.1, 0.15) is 24.0 Å². The molecular weight excluding hydrogens is 393 g/mol. The van der Waals surface area contributed by atoms with Gasteiger partial charge >= 0.3 is 6.18 Å². The van der Waals surface area contributed by atoms with Crippen LogP contribution in [0, 0.1) is 23.0 Å². The summed E-state index contributed by atoms with van der Waals surface area (Å²) in [6, 6.07) is 8.26. The first-order valence-corrected chi connectivity index (χ1v) is 8.94. The third-order valence-corrected chi connectivity index (χ3v) is 4.68. The summed E-state index contributed by atoms with van der Waals surface area (Å²) in [6.45, 7) is 2.98. The normalized spacial score (nSPS) is 15.2. The molecule has 0 saturated carbocycles. The highest BCUT2D eigenvalue weighted by molar-refractivity contribution is 5.55. The summed E-state index contributed by atoms with van der Waals surface area (Å²) in [5, 5.41) is 8.89. The summed E-state index contributed by atoms with van der Waals surface area (Å²) < 4.78 is 71.1. The molecule has 1 aliphatic rings. The van der Waals surface area contributed by atoms with E-state index in [1.807, 2.05) is 4.90 Å². The van der Waals surface area contributed by atoms with Gasteiger partial charge in [0.25, 0.3) is 0 Å². The van der Waals surface area contributed by atoms with Gasteiger partial charge in [-0.05, 0) is 18.2 Å². The molecule has 0 unspecified atom stereocenters. The van der Waals surface area contributed by atoms with Crippen molar-refractivity contribution in [1.29, 1.82) is 5.26 Å². The highest BCUT2D eigenvalue weighted by Gasteiger charge is 2.34. The summed E-state index contributed by atoms with van der Waals surface area (Å²) in [6.07, 6.45) is -4.59. The van der Waals surface area contributed by atoms with Crippen LogP contribution in [0.4, 0.5) is 27.6 Å². The molecular formula is C20H18F5N3O. The van der Waals surface area contributed by atoms with E-state index in [4.69, 9.17) is 10.00 Å². The molecule has 0 N–H and O–H groups in total. The van der Waals surface area contributed by atoms with Gasteiger partial charge in [-0.1, -0.05) is 0 Å². The van der Waals surface area contributed by atoms with Crippen molar-refractivity contribution in [3.63, 3.8) is 0 Å². The quantitative estimate of drug-likeness (QED) is 0.696. The highest BCUT2D eigenvalue weighted by Crippen LogP contribution is 2.34. The molecule has 0 amide bonds. The molecule has 0 radical (unpaired) electrons. The maximum Gasteiger partial charge on any atom is 0.417 e. The van der Waals surface area contributed by atoms with Crippen LogP contribution in [0.15, 0.2) is 36.4 Å². The van der Waals surface area contributed by atoms with E-state index in [2.05, 4.69) is 4.90 Å². The number of nitriles is 1. The Hall–Kier alpha value is -2.86. The number of alkyl halides is 3. The Morgan fingerprint density at radius 2 is 1.62 bits per heavy atom. The van der Waals surface area contributed by atoms with Crippen molar-refractivity contribution in [2.45, 2.75) is 6.18 Å². The monoisotopic (exact) mass is 411 g/mol. The maximum atomic E-state index is 13.1. The minimum Gasteiger partial charge on any atom is -0.492 e. The first kappa shape index (κ1) is 20.9. The van der Waals surface area contributed by atoms with Crippen molar-refractivity contribution < 1.29 is 26.7 Å². The van der Waals surface area contributed by atoms with Crippen LogP contribution in [-0.4, -0.2) is 44.2 Å². The summed E-state index contributed by atoms with van der Waals surface area (Å²) >= 11 is 0. The van der Waals surface area contributed by atoms with E-state index in [0.29, 0.717) is 38.4 Å². The average molecular weight is 411 g/mol. The summed E-state index contributed by atoms with van der Waals surface area (Å²) in [5.41, 5.74) is -0.913. The number of piperazine rings is 1. The van der Waals surface area contributed by atoms with Crippen LogP contribution in [0.5, 0.6) is 5.75 Å². The van der Waals surface area contributed by atoms with Gasteiger partial charge in [-0.2, -0.15) is 18.4 Å². The van der Waals surface area contributed by atoms with Crippen LogP contribution in [0.25, 0.3) is 0 Å². The lowest BCUT2D eigenvalue weighted by atomic mass is 10.1. The predicted octanol–water partition coefficient (Wildman–Crippen LogP) is 4.06. The molecule has 9 heteroatoms. The Morgan fingerprint density at radius 1 is 0.966 bits per heavy atom. The number of hydrogen-bond donors (Lipinski definition) is 0. The van der Waals surface area contributed by atoms with E-state index in [9.17, 15) is 22.0 Å². The molecule has 1 saturated heterocycles. The molecule has 1 aliphatic heterocycles. The fourth-order valence-electron chi connectivity index (χ4n) is 3.20. The molecule has 3 rings (SSSR count). The van der Waals surface area contributed by atoms with Crippen LogP contribution in [0.1, 0.15) is 11.1 Å². The van der Waals surface area contributed by atoms with Crippen molar-refractivity contribution in [1.82, 2.24) is 4.90 Å². The van der Waals surface area contributed by atoms with Crippen LogP contribution >= 0.6 is 0 Å². The number of rotatable bonds is 5. The topological polar surface area (TPSA) is 39.5 Å². The molecule has 2 aromatic carbocycles. The Kier molecular flexibility index (Phi) is 6.23. The molecule has 1 heterocycles. The summed E-state index contributed by atoms with van der Waals surface area (Å²) in [4.78, 5) is 3.89. The second-order valence-electron chi connectivity index (χ2n) is 6.62. The largest absolute Gasteiger partial charge is 0.492 e. The van der Waals surface area contributed by atoms with E-state index < -0.39 is 28.9 Å². The van der Waals surface area contributed by atoms with Crippen LogP contribution < -0.4 is 9.64 Å². The molecule has 0 spiro atoms. The molecule has 0 aromatic heterocycles. The SMILES string of the molecule is N#Cc1ccc(N2CCN(CCOc3cc(F)cc(F)c3)CC2)cc1C(F)(F)F. The van der Waals surface area contributed by atoms with E-state index in [1.165, 1.54) is 12.1 Å². The first-order valence-electron chi connectivity index (χ1n) is 8.94. The number of anilines is 1. The van der Waals surface area contributed by atoms with E-state index in [-0.39, 0.29) is 12.4 Å². The second-order valence-corrected chi connectivity index (χ2v) is 6.62. The maximum absolute atomic E-state index is 13.1. The third-order valence-electron chi connectivity index (χ3n) is 4.68. The molecule has 0 aliphatic carbocycles. The zero-order chi connectivity index (χ0) is 21.0. The minimum atomic E-state index is -4.59. The van der Waals surface area contributed by atoms with Gasteiger partial charge in [0.05, 0.1) is 17.2 Å². The van der Waals surface area contributed by atoms with E-state index in [0.717, 1.165) is 24.3 Å². The molecule has 0 bridgehead atoms. The van der Waals surface area contributed by atoms with Crippen molar-refractivity contribution in [2.24, 2.45) is 0 Å². The summed E-state index contributed by atoms with van der Waals surface area (Å²) in [5.74, 6) is -1.32. The molecule has 0 atom stereocenters. The van der Waals surface area contributed by atoms with E-state index in [1.54, 1.807) is 6.07 Å². The van der Waals surface area contributed by atoms with Gasteiger partial charge < -0.3 is 9.64 Å². The molecule has 4 nitrogen and oxygen atoms in total. The van der Waals surface area contributed by atoms with Crippen molar-refractivity contribution in [2.75, 3.05) is 44.2 Å². The highest BCUT2D eigenvalue weighted by atomic mass is 19.4. The van der Waals surface area contributed by atoms with Crippen molar-refractivity contribution in [3.8, 4) is 11.8 Å². The Morgan fingerprint density at radius 3 is 2.21 bits per heavy atom.